The fourth-order valence-electron chi connectivity index (χ4n) is 1.45. The van der Waals surface area contributed by atoms with Gasteiger partial charge in [-0.05, 0) is 27.2 Å². The summed E-state index contributed by atoms with van der Waals surface area (Å²) in [6.45, 7) is 7.24. The van der Waals surface area contributed by atoms with Crippen molar-refractivity contribution < 1.29 is 19.1 Å². The zero-order valence-electron chi connectivity index (χ0n) is 12.9. The van der Waals surface area contributed by atoms with Gasteiger partial charge in [0.25, 0.3) is 0 Å². The third-order valence-corrected chi connectivity index (χ3v) is 2.96. The molecule has 0 spiro atoms. The summed E-state index contributed by atoms with van der Waals surface area (Å²) >= 11 is 1.21. The molecule has 0 fully saturated rings. The van der Waals surface area contributed by atoms with Gasteiger partial charge in [0.2, 0.25) is 0 Å². The number of allylic oxidation sites excluding steroid dienone is 1. The predicted octanol–water partition coefficient (Wildman–Crippen LogP) is 3.46. The SMILES string of the molecule is CC/C=C(\C(=O)OC)c1csc(NC(=O)OC(C)(C)C)n1. The van der Waals surface area contributed by atoms with Crippen LogP contribution in [0.25, 0.3) is 5.57 Å². The number of esters is 1. The first-order valence-electron chi connectivity index (χ1n) is 6.51. The molecule has 0 aliphatic rings. The molecule has 21 heavy (non-hydrogen) atoms. The molecular formula is C14H20N2O4S. The van der Waals surface area contributed by atoms with Gasteiger partial charge in [-0.1, -0.05) is 13.0 Å². The average Bonchev–Trinajstić information content (AvgIpc) is 2.80. The van der Waals surface area contributed by atoms with Gasteiger partial charge in [0, 0.05) is 5.38 Å². The Hall–Kier alpha value is -1.89. The number of anilines is 1. The van der Waals surface area contributed by atoms with Crippen LogP contribution in [-0.2, 0) is 14.3 Å². The molecule has 0 aliphatic carbocycles. The highest BCUT2D eigenvalue weighted by Crippen LogP contribution is 2.23. The van der Waals surface area contributed by atoms with E-state index in [4.69, 9.17) is 9.47 Å². The van der Waals surface area contributed by atoms with Gasteiger partial charge in [-0.2, -0.15) is 0 Å². The summed E-state index contributed by atoms with van der Waals surface area (Å²) in [5, 5.41) is 4.59. The molecule has 1 amide bonds. The number of carbonyl (C=O) groups is 2. The van der Waals surface area contributed by atoms with Crippen LogP contribution < -0.4 is 5.32 Å². The second kappa shape index (κ2) is 7.21. The summed E-state index contributed by atoms with van der Waals surface area (Å²) in [6, 6.07) is 0. The van der Waals surface area contributed by atoms with E-state index in [1.165, 1.54) is 18.4 Å². The van der Waals surface area contributed by atoms with E-state index < -0.39 is 17.7 Å². The Morgan fingerprint density at radius 2 is 2.10 bits per heavy atom. The molecular weight excluding hydrogens is 292 g/mol. The second-order valence-corrected chi connectivity index (χ2v) is 6.04. The normalized spacial score (nSPS) is 12.0. The van der Waals surface area contributed by atoms with Crippen molar-refractivity contribution in [3.05, 3.63) is 17.2 Å². The molecule has 0 saturated carbocycles. The first kappa shape index (κ1) is 17.2. The van der Waals surface area contributed by atoms with E-state index in [0.717, 1.165) is 0 Å². The highest BCUT2D eigenvalue weighted by Gasteiger charge is 2.19. The maximum absolute atomic E-state index is 11.7. The van der Waals surface area contributed by atoms with Crippen LogP contribution >= 0.6 is 11.3 Å². The Morgan fingerprint density at radius 1 is 1.43 bits per heavy atom. The van der Waals surface area contributed by atoms with Crippen molar-refractivity contribution in [2.45, 2.75) is 39.7 Å². The van der Waals surface area contributed by atoms with Gasteiger partial charge in [-0.25, -0.2) is 14.6 Å². The lowest BCUT2D eigenvalue weighted by molar-refractivity contribution is -0.133. The number of hydrogen-bond donors (Lipinski definition) is 1. The number of methoxy groups -OCH3 is 1. The molecule has 1 aromatic heterocycles. The fourth-order valence-corrected chi connectivity index (χ4v) is 2.15. The van der Waals surface area contributed by atoms with Gasteiger partial charge < -0.3 is 9.47 Å². The molecule has 116 valence electrons. The van der Waals surface area contributed by atoms with Gasteiger partial charge in [-0.15, -0.1) is 11.3 Å². The van der Waals surface area contributed by atoms with Crippen molar-refractivity contribution in [3.8, 4) is 0 Å². The smallest absolute Gasteiger partial charge is 0.413 e. The van der Waals surface area contributed by atoms with Gasteiger partial charge in [0.1, 0.15) is 5.60 Å². The quantitative estimate of drug-likeness (QED) is 0.680. The van der Waals surface area contributed by atoms with Crippen molar-refractivity contribution in [3.63, 3.8) is 0 Å². The van der Waals surface area contributed by atoms with E-state index in [2.05, 4.69) is 10.3 Å². The summed E-state index contributed by atoms with van der Waals surface area (Å²) in [4.78, 5) is 27.5. The molecule has 0 saturated heterocycles. The van der Waals surface area contributed by atoms with Crippen LogP contribution in [0, 0.1) is 0 Å². The molecule has 6 nitrogen and oxygen atoms in total. The zero-order valence-corrected chi connectivity index (χ0v) is 13.7. The Morgan fingerprint density at radius 3 is 2.62 bits per heavy atom. The molecule has 0 radical (unpaired) electrons. The number of nitrogens with one attached hydrogen (secondary N) is 1. The van der Waals surface area contributed by atoms with Crippen molar-refractivity contribution in [2.24, 2.45) is 0 Å². The van der Waals surface area contributed by atoms with Crippen LogP contribution in [0.1, 0.15) is 39.8 Å². The van der Waals surface area contributed by atoms with Crippen LogP contribution in [-0.4, -0.2) is 29.8 Å². The van der Waals surface area contributed by atoms with Crippen LogP contribution in [0.5, 0.6) is 0 Å². The largest absolute Gasteiger partial charge is 0.465 e. The van der Waals surface area contributed by atoms with Crippen LogP contribution in [0.3, 0.4) is 0 Å². The van der Waals surface area contributed by atoms with Crippen LogP contribution in [0.4, 0.5) is 9.93 Å². The summed E-state index contributed by atoms with van der Waals surface area (Å²) in [5.74, 6) is -0.453. The molecule has 0 atom stereocenters. The molecule has 1 aromatic rings. The fraction of sp³-hybridized carbons (Fsp3) is 0.500. The lowest BCUT2D eigenvalue weighted by Gasteiger charge is -2.18. The minimum Gasteiger partial charge on any atom is -0.465 e. The van der Waals surface area contributed by atoms with E-state index >= 15 is 0 Å². The molecule has 0 aliphatic heterocycles. The number of ether oxygens (including phenoxy) is 2. The lowest BCUT2D eigenvalue weighted by atomic mass is 10.2. The predicted molar refractivity (Wildman–Crippen MR) is 82.3 cm³/mol. The lowest BCUT2D eigenvalue weighted by Crippen LogP contribution is -2.27. The molecule has 7 heteroatoms. The first-order chi connectivity index (χ1) is 9.76. The van der Waals surface area contributed by atoms with E-state index in [-0.39, 0.29) is 0 Å². The van der Waals surface area contributed by atoms with Gasteiger partial charge in [0.15, 0.2) is 5.13 Å². The highest BCUT2D eigenvalue weighted by molar-refractivity contribution is 7.14. The molecule has 1 rings (SSSR count). The van der Waals surface area contributed by atoms with Crippen LogP contribution in [0.2, 0.25) is 0 Å². The number of amides is 1. The average molecular weight is 312 g/mol. The number of rotatable bonds is 4. The number of hydrogen-bond acceptors (Lipinski definition) is 6. The molecule has 1 heterocycles. The molecule has 0 bridgehead atoms. The highest BCUT2D eigenvalue weighted by atomic mass is 32.1. The van der Waals surface area contributed by atoms with Crippen molar-refractivity contribution in [1.29, 1.82) is 0 Å². The Balaban J connectivity index is 2.83. The summed E-state index contributed by atoms with van der Waals surface area (Å²) in [7, 11) is 1.32. The maximum atomic E-state index is 11.7. The Kier molecular flexibility index (Phi) is 5.90. The van der Waals surface area contributed by atoms with E-state index in [1.807, 2.05) is 6.92 Å². The first-order valence-corrected chi connectivity index (χ1v) is 7.39. The van der Waals surface area contributed by atoms with Crippen molar-refractivity contribution in [2.75, 3.05) is 12.4 Å². The topological polar surface area (TPSA) is 77.5 Å². The molecule has 0 unspecified atom stereocenters. The monoisotopic (exact) mass is 312 g/mol. The van der Waals surface area contributed by atoms with E-state index in [9.17, 15) is 9.59 Å². The van der Waals surface area contributed by atoms with E-state index in [0.29, 0.717) is 22.8 Å². The van der Waals surface area contributed by atoms with Gasteiger partial charge in [0.05, 0.1) is 18.4 Å². The van der Waals surface area contributed by atoms with Gasteiger partial charge in [-0.3, -0.25) is 5.32 Å². The third-order valence-electron chi connectivity index (χ3n) is 2.20. The number of aromatic nitrogens is 1. The second-order valence-electron chi connectivity index (χ2n) is 5.18. The number of nitrogens with zero attached hydrogens (tertiary/aromatic N) is 1. The van der Waals surface area contributed by atoms with Crippen LogP contribution in [0.15, 0.2) is 11.5 Å². The summed E-state index contributed by atoms with van der Waals surface area (Å²) in [5.41, 5.74) is 0.275. The maximum Gasteiger partial charge on any atom is 0.413 e. The Labute approximate surface area is 128 Å². The van der Waals surface area contributed by atoms with Crippen molar-refractivity contribution in [1.82, 2.24) is 4.98 Å². The van der Waals surface area contributed by atoms with Gasteiger partial charge >= 0.3 is 12.1 Å². The zero-order chi connectivity index (χ0) is 16.0. The summed E-state index contributed by atoms with van der Waals surface area (Å²) in [6.07, 6.45) is 1.83. The minimum absolute atomic E-state index is 0.366. The minimum atomic E-state index is -0.581. The Bertz CT molecular complexity index is 543. The van der Waals surface area contributed by atoms with Crippen molar-refractivity contribution >= 4 is 34.1 Å². The summed E-state index contributed by atoms with van der Waals surface area (Å²) < 4.78 is 9.86. The van der Waals surface area contributed by atoms with E-state index in [1.54, 1.807) is 32.2 Å². The number of carbonyl (C=O) groups excluding carboxylic acids is 2. The number of thiazole rings is 1. The molecule has 0 aromatic carbocycles. The third kappa shape index (κ3) is 5.55. The standard InChI is InChI=1S/C14H20N2O4S/c1-6-7-9(11(17)19-5)10-8-21-12(15-10)16-13(18)20-14(2,3)4/h7-8H,6H2,1-5H3,(H,15,16,18)/b9-7-. The molecule has 1 N–H and O–H groups in total.